The van der Waals surface area contributed by atoms with Gasteiger partial charge in [0.1, 0.15) is 0 Å². The second-order valence-electron chi connectivity index (χ2n) is 19.2. The summed E-state index contributed by atoms with van der Waals surface area (Å²) < 4.78 is 11.7. The summed E-state index contributed by atoms with van der Waals surface area (Å²) in [5.74, 6) is 1.13. The Hall–Kier alpha value is -1.63. The van der Waals surface area contributed by atoms with Gasteiger partial charge in [-0.3, -0.25) is 14.4 Å². The Morgan fingerprint density at radius 1 is 0.443 bits per heavy atom. The van der Waals surface area contributed by atoms with E-state index in [0.29, 0.717) is 50.4 Å². The molecule has 2 unspecified atom stereocenters. The molecule has 0 aliphatic heterocycles. The van der Waals surface area contributed by atoms with Crippen molar-refractivity contribution in [3.8, 4) is 0 Å². The summed E-state index contributed by atoms with van der Waals surface area (Å²) in [4.78, 5) is 43.8. The minimum atomic E-state index is -0.0554. The Morgan fingerprint density at radius 2 is 0.820 bits per heavy atom. The topological polar surface area (TPSA) is 76.1 Å². The van der Waals surface area contributed by atoms with Crippen LogP contribution in [0.4, 0.5) is 0 Å². The highest BCUT2D eigenvalue weighted by Crippen LogP contribution is 2.25. The van der Waals surface area contributed by atoms with E-state index in [1.54, 1.807) is 0 Å². The lowest BCUT2D eigenvalue weighted by atomic mass is 9.91. The van der Waals surface area contributed by atoms with Crippen LogP contribution in [0.2, 0.25) is 0 Å². The summed E-state index contributed by atoms with van der Waals surface area (Å²) in [6, 6.07) is 0.712. The van der Waals surface area contributed by atoms with E-state index in [0.717, 1.165) is 71.1 Å². The Morgan fingerprint density at radius 3 is 1.20 bits per heavy atom. The van der Waals surface area contributed by atoms with Gasteiger partial charge in [0.05, 0.1) is 13.2 Å². The molecule has 0 spiro atoms. The zero-order valence-corrected chi connectivity index (χ0v) is 41.6. The molecule has 1 fully saturated rings. The van der Waals surface area contributed by atoms with E-state index < -0.39 is 0 Å². The number of carbonyl (C=O) groups excluding carboxylic acids is 3. The van der Waals surface area contributed by atoms with E-state index in [4.69, 9.17) is 9.47 Å². The van der Waals surface area contributed by atoms with Crippen LogP contribution >= 0.6 is 0 Å². The SMILES string of the molecule is CCCCCCCCC(CCCCCC)COC(=O)CCCCCN(CCCCCC(=O)OCC(CCCCCC)CCCCCCCC)C(=O)CCCN(CC)C1CCC1. The van der Waals surface area contributed by atoms with Crippen LogP contribution in [0.15, 0.2) is 0 Å². The van der Waals surface area contributed by atoms with Gasteiger partial charge in [0, 0.05) is 38.4 Å². The predicted octanol–water partition coefficient (Wildman–Crippen LogP) is 15.4. The van der Waals surface area contributed by atoms with Crippen molar-refractivity contribution in [1.82, 2.24) is 9.80 Å². The van der Waals surface area contributed by atoms with Gasteiger partial charge in [-0.15, -0.1) is 0 Å². The average Bonchev–Trinajstić information content (AvgIpc) is 3.24. The molecule has 1 aliphatic rings. The van der Waals surface area contributed by atoms with Gasteiger partial charge in [-0.25, -0.2) is 0 Å². The minimum Gasteiger partial charge on any atom is -0.465 e. The van der Waals surface area contributed by atoms with E-state index >= 15 is 0 Å². The van der Waals surface area contributed by atoms with Gasteiger partial charge < -0.3 is 19.3 Å². The Balaban J connectivity index is 2.52. The number of unbranched alkanes of at least 4 members (excludes halogenated alkanes) is 20. The first kappa shape index (κ1) is 57.4. The van der Waals surface area contributed by atoms with Crippen LogP contribution in [-0.2, 0) is 23.9 Å². The maximum Gasteiger partial charge on any atom is 0.305 e. The van der Waals surface area contributed by atoms with Gasteiger partial charge in [-0.1, -0.05) is 182 Å². The third-order valence-corrected chi connectivity index (χ3v) is 13.6. The normalized spacial score (nSPS) is 13.9. The van der Waals surface area contributed by atoms with Crippen LogP contribution in [0, 0.1) is 11.8 Å². The summed E-state index contributed by atoms with van der Waals surface area (Å²) in [6.07, 6.45) is 42.1. The largest absolute Gasteiger partial charge is 0.465 e. The zero-order chi connectivity index (χ0) is 44.4. The highest BCUT2D eigenvalue weighted by atomic mass is 16.5. The second-order valence-corrected chi connectivity index (χ2v) is 19.2. The number of hydrogen-bond donors (Lipinski definition) is 0. The van der Waals surface area contributed by atoms with Gasteiger partial charge >= 0.3 is 11.9 Å². The molecular weight excluding hydrogens is 757 g/mol. The van der Waals surface area contributed by atoms with Crippen LogP contribution in [0.25, 0.3) is 0 Å². The molecule has 0 heterocycles. The lowest BCUT2D eigenvalue weighted by molar-refractivity contribution is -0.146. The smallest absolute Gasteiger partial charge is 0.305 e. The van der Waals surface area contributed by atoms with E-state index in [9.17, 15) is 14.4 Å². The molecule has 1 aliphatic carbocycles. The molecule has 1 rings (SSSR count). The maximum absolute atomic E-state index is 13.6. The van der Waals surface area contributed by atoms with Crippen molar-refractivity contribution < 1.29 is 23.9 Å². The van der Waals surface area contributed by atoms with Crippen molar-refractivity contribution in [3.63, 3.8) is 0 Å². The van der Waals surface area contributed by atoms with Crippen molar-refractivity contribution in [2.24, 2.45) is 11.8 Å². The predicted molar refractivity (Wildman–Crippen MR) is 260 cm³/mol. The third-order valence-electron chi connectivity index (χ3n) is 13.6. The summed E-state index contributed by atoms with van der Waals surface area (Å²) >= 11 is 0. The number of carbonyl (C=O) groups is 3. The van der Waals surface area contributed by atoms with Gasteiger partial charge in [-0.05, 0) is 95.6 Å². The fourth-order valence-corrected chi connectivity index (χ4v) is 9.14. The van der Waals surface area contributed by atoms with Gasteiger partial charge in [0.2, 0.25) is 5.91 Å². The molecule has 7 nitrogen and oxygen atoms in total. The third kappa shape index (κ3) is 33.5. The first-order valence-electron chi connectivity index (χ1n) is 27.2. The van der Waals surface area contributed by atoms with Gasteiger partial charge in [0.25, 0.3) is 0 Å². The Bertz CT molecular complexity index is 944. The molecule has 2 atom stereocenters. The molecule has 0 aromatic heterocycles. The maximum atomic E-state index is 13.6. The number of amides is 1. The lowest BCUT2D eigenvalue weighted by Gasteiger charge is -2.37. The van der Waals surface area contributed by atoms with Crippen LogP contribution in [0.1, 0.15) is 272 Å². The fraction of sp³-hybridized carbons (Fsp3) is 0.944. The molecule has 0 radical (unpaired) electrons. The van der Waals surface area contributed by atoms with Crippen LogP contribution in [0.3, 0.4) is 0 Å². The standard InChI is InChI=1S/C54H104N2O5/c1-6-11-15-19-21-27-37-49(35-25-17-13-8-3)47-60-53(58)42-29-23-31-44-56(52(57)41-34-46-55(10-5)51-39-33-40-51)45-32-24-30-43-54(59)61-48-50(36-26-18-14-9-4)38-28-22-20-16-12-7-2/h49-51H,6-48H2,1-5H3. The van der Waals surface area contributed by atoms with E-state index in [1.165, 1.54) is 173 Å². The highest BCUT2D eigenvalue weighted by Gasteiger charge is 2.24. The van der Waals surface area contributed by atoms with Gasteiger partial charge in [0.15, 0.2) is 0 Å². The molecule has 0 aromatic rings. The number of hydrogen-bond acceptors (Lipinski definition) is 6. The van der Waals surface area contributed by atoms with Crippen molar-refractivity contribution >= 4 is 17.8 Å². The number of ether oxygens (including phenoxy) is 2. The molecule has 0 saturated heterocycles. The molecule has 0 N–H and O–H groups in total. The van der Waals surface area contributed by atoms with Crippen molar-refractivity contribution in [1.29, 1.82) is 0 Å². The van der Waals surface area contributed by atoms with E-state index in [1.807, 2.05) is 0 Å². The summed E-state index contributed by atoms with van der Waals surface area (Å²) in [6.45, 7) is 16.0. The first-order chi connectivity index (χ1) is 29.9. The van der Waals surface area contributed by atoms with E-state index in [2.05, 4.69) is 44.4 Å². The number of nitrogens with zero attached hydrogens (tertiary/aromatic N) is 2. The zero-order valence-electron chi connectivity index (χ0n) is 41.6. The minimum absolute atomic E-state index is 0.0554. The van der Waals surface area contributed by atoms with Crippen LogP contribution < -0.4 is 0 Å². The number of rotatable bonds is 46. The molecule has 0 bridgehead atoms. The molecule has 7 heteroatoms. The monoisotopic (exact) mass is 861 g/mol. The quantitative estimate of drug-likeness (QED) is 0.0448. The number of esters is 2. The van der Waals surface area contributed by atoms with Crippen molar-refractivity contribution in [3.05, 3.63) is 0 Å². The van der Waals surface area contributed by atoms with Crippen LogP contribution in [-0.4, -0.2) is 73.1 Å². The summed E-state index contributed by atoms with van der Waals surface area (Å²) in [5.41, 5.74) is 0. The molecule has 1 saturated carbocycles. The highest BCUT2D eigenvalue weighted by molar-refractivity contribution is 5.76. The second kappa shape index (κ2) is 42.3. The summed E-state index contributed by atoms with van der Waals surface area (Å²) in [5, 5.41) is 0. The van der Waals surface area contributed by atoms with Gasteiger partial charge in [-0.2, -0.15) is 0 Å². The Labute approximate surface area is 379 Å². The molecule has 360 valence electrons. The van der Waals surface area contributed by atoms with Crippen molar-refractivity contribution in [2.75, 3.05) is 39.4 Å². The average molecular weight is 861 g/mol. The molecule has 0 aromatic carbocycles. The summed E-state index contributed by atoms with van der Waals surface area (Å²) in [7, 11) is 0. The first-order valence-corrected chi connectivity index (χ1v) is 27.2. The molecule has 1 amide bonds. The Kier molecular flexibility index (Phi) is 39.8. The van der Waals surface area contributed by atoms with Crippen LogP contribution in [0.5, 0.6) is 0 Å². The fourth-order valence-electron chi connectivity index (χ4n) is 9.14. The molecule has 61 heavy (non-hydrogen) atoms. The molecular formula is C54H104N2O5. The van der Waals surface area contributed by atoms with Crippen molar-refractivity contribution in [2.45, 2.75) is 278 Å². The lowest BCUT2D eigenvalue weighted by Crippen LogP contribution is -2.41. The van der Waals surface area contributed by atoms with E-state index in [-0.39, 0.29) is 17.8 Å².